The highest BCUT2D eigenvalue weighted by molar-refractivity contribution is 6.33. The van der Waals surface area contributed by atoms with Gasteiger partial charge in [0, 0.05) is 5.56 Å². The fraction of sp³-hybridized carbons (Fsp3) is 0.100. The highest BCUT2D eigenvalue weighted by atomic mass is 35.5. The van der Waals surface area contributed by atoms with Gasteiger partial charge in [0.05, 0.1) is 11.6 Å². The van der Waals surface area contributed by atoms with Crippen LogP contribution in [0.15, 0.2) is 24.3 Å². The van der Waals surface area contributed by atoms with Gasteiger partial charge in [0.1, 0.15) is 0 Å². The summed E-state index contributed by atoms with van der Waals surface area (Å²) in [5.41, 5.74) is 1.17. The maximum Gasteiger partial charge on any atom is 0.152 e. The Labute approximate surface area is 81.5 Å². The van der Waals surface area contributed by atoms with Crippen molar-refractivity contribution in [2.75, 3.05) is 6.61 Å². The number of hydrogen-bond donors (Lipinski definition) is 1. The Morgan fingerprint density at radius 2 is 2.23 bits per heavy atom. The lowest BCUT2D eigenvalue weighted by atomic mass is 10.1. The molecule has 0 aromatic heterocycles. The first-order chi connectivity index (χ1) is 6.29. The number of carbonyl (C=O) groups excluding carboxylic acids is 1. The molecule has 2 nitrogen and oxygen atoms in total. The predicted molar refractivity (Wildman–Crippen MR) is 53.0 cm³/mol. The summed E-state index contributed by atoms with van der Waals surface area (Å²) in [5.74, 6) is 0. The van der Waals surface area contributed by atoms with Gasteiger partial charge in [0.15, 0.2) is 6.29 Å². The third-order valence-electron chi connectivity index (χ3n) is 1.61. The summed E-state index contributed by atoms with van der Waals surface area (Å²) in [7, 11) is 0. The molecule has 0 unspecified atom stereocenters. The molecule has 68 valence electrons. The van der Waals surface area contributed by atoms with Crippen LogP contribution in [-0.4, -0.2) is 18.0 Å². The van der Waals surface area contributed by atoms with Crippen LogP contribution in [0.3, 0.4) is 0 Å². The topological polar surface area (TPSA) is 37.3 Å². The van der Waals surface area contributed by atoms with Crippen LogP contribution < -0.4 is 0 Å². The molecule has 1 N–H and O–H groups in total. The number of halogens is 1. The second-order valence-corrected chi connectivity index (χ2v) is 2.85. The molecule has 0 bridgehead atoms. The quantitative estimate of drug-likeness (QED) is 0.753. The van der Waals surface area contributed by atoms with Crippen LogP contribution in [0, 0.1) is 0 Å². The van der Waals surface area contributed by atoms with E-state index >= 15 is 0 Å². The van der Waals surface area contributed by atoms with Crippen LogP contribution in [0.2, 0.25) is 5.02 Å². The van der Waals surface area contributed by atoms with Crippen molar-refractivity contribution >= 4 is 24.0 Å². The van der Waals surface area contributed by atoms with Gasteiger partial charge in [0.25, 0.3) is 0 Å². The van der Waals surface area contributed by atoms with E-state index in [9.17, 15) is 4.79 Å². The zero-order valence-electron chi connectivity index (χ0n) is 6.90. The molecular formula is C10H9ClO2. The van der Waals surface area contributed by atoms with Crippen molar-refractivity contribution in [3.63, 3.8) is 0 Å². The zero-order chi connectivity index (χ0) is 9.68. The largest absolute Gasteiger partial charge is 0.392 e. The number of benzene rings is 1. The summed E-state index contributed by atoms with van der Waals surface area (Å²) in [4.78, 5) is 10.6. The number of aldehydes is 1. The van der Waals surface area contributed by atoms with Crippen LogP contribution in [0.1, 0.15) is 15.9 Å². The Morgan fingerprint density at radius 1 is 1.46 bits per heavy atom. The number of hydrogen-bond acceptors (Lipinski definition) is 2. The van der Waals surface area contributed by atoms with Gasteiger partial charge in [-0.15, -0.1) is 0 Å². The molecule has 0 aliphatic rings. The molecule has 1 rings (SSSR count). The van der Waals surface area contributed by atoms with Crippen molar-refractivity contribution in [1.82, 2.24) is 0 Å². The summed E-state index contributed by atoms with van der Waals surface area (Å²) in [5, 5.41) is 8.98. The summed E-state index contributed by atoms with van der Waals surface area (Å²) in [6.07, 6.45) is 3.92. The lowest BCUT2D eigenvalue weighted by Crippen LogP contribution is -1.87. The van der Waals surface area contributed by atoms with Crippen molar-refractivity contribution < 1.29 is 9.90 Å². The Hall–Kier alpha value is -1.12. The molecule has 0 spiro atoms. The standard InChI is InChI=1S/C10H9ClO2/c11-10-5-1-3-8(4-2-6-12)9(10)7-13/h1-5,7,12H,6H2. The van der Waals surface area contributed by atoms with Crippen molar-refractivity contribution in [2.45, 2.75) is 0 Å². The molecule has 0 saturated carbocycles. The van der Waals surface area contributed by atoms with E-state index in [-0.39, 0.29) is 6.61 Å². The molecule has 0 atom stereocenters. The van der Waals surface area contributed by atoms with Gasteiger partial charge in [-0.3, -0.25) is 4.79 Å². The van der Waals surface area contributed by atoms with E-state index in [1.165, 1.54) is 0 Å². The molecule has 0 saturated heterocycles. The van der Waals surface area contributed by atoms with Gasteiger partial charge in [-0.25, -0.2) is 0 Å². The van der Waals surface area contributed by atoms with Gasteiger partial charge in [0.2, 0.25) is 0 Å². The smallest absolute Gasteiger partial charge is 0.152 e. The molecule has 0 heterocycles. The minimum Gasteiger partial charge on any atom is -0.392 e. The fourth-order valence-electron chi connectivity index (χ4n) is 1.00. The number of aliphatic hydroxyl groups excluding tert-OH is 1. The van der Waals surface area contributed by atoms with Crippen LogP contribution in [0.4, 0.5) is 0 Å². The molecule has 1 aromatic rings. The number of aliphatic hydroxyl groups is 1. The predicted octanol–water partition coefficient (Wildman–Crippen LogP) is 2.16. The van der Waals surface area contributed by atoms with Gasteiger partial charge >= 0.3 is 0 Å². The fourth-order valence-corrected chi connectivity index (χ4v) is 1.23. The van der Waals surface area contributed by atoms with Crippen molar-refractivity contribution in [2.24, 2.45) is 0 Å². The molecule has 0 amide bonds. The maximum absolute atomic E-state index is 10.6. The minimum absolute atomic E-state index is 0.0508. The lowest BCUT2D eigenvalue weighted by Gasteiger charge is -2.00. The molecule has 13 heavy (non-hydrogen) atoms. The van der Waals surface area contributed by atoms with E-state index in [1.54, 1.807) is 30.4 Å². The minimum atomic E-state index is -0.0508. The number of rotatable bonds is 3. The lowest BCUT2D eigenvalue weighted by molar-refractivity contribution is 0.112. The Kier molecular flexibility index (Phi) is 3.68. The average Bonchev–Trinajstić information content (AvgIpc) is 2.15. The molecule has 3 heteroatoms. The SMILES string of the molecule is O=Cc1c(Cl)cccc1C=CCO. The van der Waals surface area contributed by atoms with Crippen LogP contribution in [0.5, 0.6) is 0 Å². The molecule has 0 radical (unpaired) electrons. The van der Waals surface area contributed by atoms with E-state index in [2.05, 4.69) is 0 Å². The third-order valence-corrected chi connectivity index (χ3v) is 1.94. The molecule has 1 aromatic carbocycles. The molecule has 0 fully saturated rings. The maximum atomic E-state index is 10.6. The average molecular weight is 197 g/mol. The molecular weight excluding hydrogens is 188 g/mol. The monoisotopic (exact) mass is 196 g/mol. The van der Waals surface area contributed by atoms with Gasteiger partial charge in [-0.2, -0.15) is 0 Å². The van der Waals surface area contributed by atoms with E-state index in [1.807, 2.05) is 0 Å². The van der Waals surface area contributed by atoms with Gasteiger partial charge in [-0.05, 0) is 11.6 Å². The van der Waals surface area contributed by atoms with E-state index in [0.717, 1.165) is 5.56 Å². The van der Waals surface area contributed by atoms with E-state index in [0.29, 0.717) is 16.9 Å². The van der Waals surface area contributed by atoms with Gasteiger partial charge in [-0.1, -0.05) is 35.9 Å². The Balaban J connectivity index is 3.12. The van der Waals surface area contributed by atoms with Crippen LogP contribution >= 0.6 is 11.6 Å². The van der Waals surface area contributed by atoms with Crippen LogP contribution in [0.25, 0.3) is 6.08 Å². The second kappa shape index (κ2) is 4.80. The van der Waals surface area contributed by atoms with E-state index < -0.39 is 0 Å². The van der Waals surface area contributed by atoms with Crippen LogP contribution in [-0.2, 0) is 0 Å². The summed E-state index contributed by atoms with van der Waals surface area (Å²) >= 11 is 5.78. The normalized spacial score (nSPS) is 10.6. The highest BCUT2D eigenvalue weighted by Gasteiger charge is 2.01. The zero-order valence-corrected chi connectivity index (χ0v) is 7.66. The van der Waals surface area contributed by atoms with Crippen molar-refractivity contribution in [3.05, 3.63) is 40.4 Å². The highest BCUT2D eigenvalue weighted by Crippen LogP contribution is 2.18. The Bertz CT molecular complexity index is 332. The second-order valence-electron chi connectivity index (χ2n) is 2.45. The summed E-state index contributed by atoms with van der Waals surface area (Å²) in [6, 6.07) is 5.18. The van der Waals surface area contributed by atoms with E-state index in [4.69, 9.17) is 16.7 Å². The summed E-state index contributed by atoms with van der Waals surface area (Å²) < 4.78 is 0. The third kappa shape index (κ3) is 2.41. The number of carbonyl (C=O) groups is 1. The summed E-state index contributed by atoms with van der Waals surface area (Å²) in [6.45, 7) is -0.0508. The molecule has 0 aliphatic carbocycles. The molecule has 0 aliphatic heterocycles. The first kappa shape index (κ1) is 9.96. The Morgan fingerprint density at radius 3 is 2.85 bits per heavy atom. The van der Waals surface area contributed by atoms with Gasteiger partial charge < -0.3 is 5.11 Å². The van der Waals surface area contributed by atoms with Crippen molar-refractivity contribution in [3.8, 4) is 0 Å². The first-order valence-corrected chi connectivity index (χ1v) is 4.18. The first-order valence-electron chi connectivity index (χ1n) is 3.80. The van der Waals surface area contributed by atoms with Crippen molar-refractivity contribution in [1.29, 1.82) is 0 Å².